The number of pyridine rings is 1. The van der Waals surface area contributed by atoms with Gasteiger partial charge in [-0.25, -0.2) is 4.57 Å². The lowest BCUT2D eigenvalue weighted by Crippen LogP contribution is -2.54. The number of nitrogens with zero attached hydrogens (tertiary/aromatic N) is 1. The SMILES string of the molecule is C/C=c1/c(C)cc[n+](C)/c1=C/CC. The Labute approximate surface area is 80.0 Å². The third kappa shape index (κ3) is 1.97. The summed E-state index contributed by atoms with van der Waals surface area (Å²) >= 11 is 0. The largest absolute Gasteiger partial charge is 0.208 e. The van der Waals surface area contributed by atoms with Crippen LogP contribution in [0.5, 0.6) is 0 Å². The first-order valence-electron chi connectivity index (χ1n) is 4.82. The molecule has 1 heteroatoms. The molecule has 1 rings (SSSR count). The molecule has 1 nitrogen and oxygen atoms in total. The Bertz CT molecular complexity index is 402. The van der Waals surface area contributed by atoms with E-state index < -0.39 is 0 Å². The summed E-state index contributed by atoms with van der Waals surface area (Å²) in [6, 6.07) is 2.16. The van der Waals surface area contributed by atoms with E-state index in [0.717, 1.165) is 6.42 Å². The van der Waals surface area contributed by atoms with Crippen LogP contribution < -0.4 is 15.1 Å². The Kier molecular flexibility index (Phi) is 3.24. The van der Waals surface area contributed by atoms with Crippen LogP contribution in [-0.4, -0.2) is 0 Å². The van der Waals surface area contributed by atoms with Crippen LogP contribution in [0.3, 0.4) is 0 Å². The number of rotatable bonds is 1. The molecule has 0 aliphatic carbocycles. The van der Waals surface area contributed by atoms with Gasteiger partial charge < -0.3 is 0 Å². The quantitative estimate of drug-likeness (QED) is 0.558. The van der Waals surface area contributed by atoms with Gasteiger partial charge in [-0.15, -0.1) is 0 Å². The van der Waals surface area contributed by atoms with Gasteiger partial charge in [0, 0.05) is 11.3 Å². The molecule has 1 aromatic heterocycles. The van der Waals surface area contributed by atoms with Gasteiger partial charge in [0.25, 0.3) is 0 Å². The molecule has 0 aliphatic rings. The van der Waals surface area contributed by atoms with Gasteiger partial charge in [-0.1, -0.05) is 13.0 Å². The highest BCUT2D eigenvalue weighted by Gasteiger charge is 1.99. The topological polar surface area (TPSA) is 3.88 Å². The van der Waals surface area contributed by atoms with E-state index in [2.05, 4.69) is 56.8 Å². The Morgan fingerprint density at radius 3 is 2.69 bits per heavy atom. The van der Waals surface area contributed by atoms with Gasteiger partial charge in [0.15, 0.2) is 6.20 Å². The molecule has 0 saturated heterocycles. The van der Waals surface area contributed by atoms with Gasteiger partial charge in [0.05, 0.1) is 0 Å². The predicted octanol–water partition coefficient (Wildman–Crippen LogP) is 0.810. The first-order chi connectivity index (χ1) is 6.20. The number of hydrogen-bond acceptors (Lipinski definition) is 0. The summed E-state index contributed by atoms with van der Waals surface area (Å²) in [5.74, 6) is 0. The average molecular weight is 176 g/mol. The van der Waals surface area contributed by atoms with Crippen molar-refractivity contribution in [1.29, 1.82) is 0 Å². The molecule has 0 N–H and O–H groups in total. The molecule has 0 bridgehead atoms. The maximum atomic E-state index is 2.27. The minimum absolute atomic E-state index is 1.08. The van der Waals surface area contributed by atoms with E-state index >= 15 is 0 Å². The van der Waals surface area contributed by atoms with Crippen molar-refractivity contribution < 1.29 is 4.57 Å². The van der Waals surface area contributed by atoms with Crippen LogP contribution in [-0.2, 0) is 7.05 Å². The lowest BCUT2D eigenvalue weighted by Gasteiger charge is -1.94. The molecule has 0 fully saturated rings. The van der Waals surface area contributed by atoms with Gasteiger partial charge in [0.1, 0.15) is 7.05 Å². The molecule has 0 saturated carbocycles. The normalized spacial score (nSPS) is 13.8. The van der Waals surface area contributed by atoms with Crippen LogP contribution in [0.15, 0.2) is 12.3 Å². The first-order valence-corrected chi connectivity index (χ1v) is 4.82. The van der Waals surface area contributed by atoms with Crippen molar-refractivity contribution >= 4 is 12.2 Å². The Morgan fingerprint density at radius 2 is 2.15 bits per heavy atom. The molecule has 0 amide bonds. The Balaban J connectivity index is 3.65. The molecule has 0 atom stereocenters. The molecule has 1 heterocycles. The van der Waals surface area contributed by atoms with Gasteiger partial charge >= 0.3 is 0 Å². The molecular weight excluding hydrogens is 158 g/mol. The summed E-state index contributed by atoms with van der Waals surface area (Å²) in [6.45, 7) is 6.42. The van der Waals surface area contributed by atoms with Gasteiger partial charge in [-0.3, -0.25) is 0 Å². The second-order valence-corrected chi connectivity index (χ2v) is 3.31. The van der Waals surface area contributed by atoms with Crippen LogP contribution in [0, 0.1) is 6.92 Å². The highest BCUT2D eigenvalue weighted by molar-refractivity contribution is 5.28. The maximum Gasteiger partial charge on any atom is 0.208 e. The second-order valence-electron chi connectivity index (χ2n) is 3.31. The Morgan fingerprint density at radius 1 is 1.46 bits per heavy atom. The van der Waals surface area contributed by atoms with Crippen LogP contribution in [0.1, 0.15) is 25.8 Å². The number of hydrogen-bond donors (Lipinski definition) is 0. The van der Waals surface area contributed by atoms with E-state index in [4.69, 9.17) is 0 Å². The average Bonchev–Trinajstić information content (AvgIpc) is 2.12. The van der Waals surface area contributed by atoms with Crippen molar-refractivity contribution in [3.63, 3.8) is 0 Å². The Hall–Kier alpha value is -1.11. The van der Waals surface area contributed by atoms with Gasteiger partial charge in [-0.05, 0) is 31.9 Å². The monoisotopic (exact) mass is 176 g/mol. The zero-order chi connectivity index (χ0) is 9.84. The highest BCUT2D eigenvalue weighted by Crippen LogP contribution is 1.81. The van der Waals surface area contributed by atoms with Crippen LogP contribution in [0.2, 0.25) is 0 Å². The molecule has 70 valence electrons. The fourth-order valence-electron chi connectivity index (χ4n) is 1.61. The van der Waals surface area contributed by atoms with Crippen molar-refractivity contribution in [2.24, 2.45) is 7.05 Å². The summed E-state index contributed by atoms with van der Waals surface area (Å²) in [4.78, 5) is 0. The molecule has 0 aromatic carbocycles. The third-order valence-electron chi connectivity index (χ3n) is 2.32. The van der Waals surface area contributed by atoms with Crippen molar-refractivity contribution in [1.82, 2.24) is 0 Å². The lowest BCUT2D eigenvalue weighted by atomic mass is 10.2. The summed E-state index contributed by atoms with van der Waals surface area (Å²) in [5.41, 5.74) is 1.35. The summed E-state index contributed by atoms with van der Waals surface area (Å²) in [7, 11) is 2.09. The van der Waals surface area contributed by atoms with Crippen molar-refractivity contribution in [2.75, 3.05) is 0 Å². The molecule has 0 unspecified atom stereocenters. The number of aryl methyl sites for hydroxylation is 2. The highest BCUT2D eigenvalue weighted by atomic mass is 14.9. The fourth-order valence-corrected chi connectivity index (χ4v) is 1.61. The van der Waals surface area contributed by atoms with Gasteiger partial charge in [-0.2, -0.15) is 0 Å². The van der Waals surface area contributed by atoms with E-state index in [-0.39, 0.29) is 0 Å². The van der Waals surface area contributed by atoms with Crippen molar-refractivity contribution in [3.8, 4) is 0 Å². The van der Waals surface area contributed by atoms with Gasteiger partial charge in [0.2, 0.25) is 5.35 Å². The van der Waals surface area contributed by atoms with E-state index in [1.807, 2.05) is 0 Å². The smallest absolute Gasteiger partial charge is 0.201 e. The standard InChI is InChI=1S/C12H18N/c1-5-7-12-11(6-2)10(3)8-9-13(12)4/h6-9H,5H2,1-4H3/q+1/b11-6-,12-7+. The van der Waals surface area contributed by atoms with Crippen LogP contribution in [0.4, 0.5) is 0 Å². The second kappa shape index (κ2) is 4.22. The lowest BCUT2D eigenvalue weighted by molar-refractivity contribution is -0.685. The van der Waals surface area contributed by atoms with E-state index in [1.54, 1.807) is 0 Å². The molecule has 13 heavy (non-hydrogen) atoms. The summed E-state index contributed by atoms with van der Waals surface area (Å²) in [6.07, 6.45) is 7.64. The molecular formula is C12H18N+. The minimum Gasteiger partial charge on any atom is -0.201 e. The van der Waals surface area contributed by atoms with Crippen molar-refractivity contribution in [2.45, 2.75) is 27.2 Å². The minimum atomic E-state index is 1.08. The fraction of sp³-hybridized carbons (Fsp3) is 0.417. The predicted molar refractivity (Wildman–Crippen MR) is 56.5 cm³/mol. The molecule has 0 radical (unpaired) electrons. The van der Waals surface area contributed by atoms with E-state index in [1.165, 1.54) is 16.1 Å². The molecule has 0 aliphatic heterocycles. The third-order valence-corrected chi connectivity index (χ3v) is 2.32. The number of aromatic nitrogens is 1. The summed E-state index contributed by atoms with van der Waals surface area (Å²) < 4.78 is 2.17. The molecule has 1 aromatic rings. The zero-order valence-corrected chi connectivity index (χ0v) is 8.96. The van der Waals surface area contributed by atoms with Crippen LogP contribution in [0.25, 0.3) is 12.2 Å². The van der Waals surface area contributed by atoms with E-state index in [0.29, 0.717) is 0 Å². The van der Waals surface area contributed by atoms with Crippen LogP contribution >= 0.6 is 0 Å². The summed E-state index contributed by atoms with van der Waals surface area (Å²) in [5, 5.41) is 2.68. The zero-order valence-electron chi connectivity index (χ0n) is 8.96. The van der Waals surface area contributed by atoms with Crippen molar-refractivity contribution in [3.05, 3.63) is 28.4 Å². The van der Waals surface area contributed by atoms with E-state index in [9.17, 15) is 0 Å². The first kappa shape index (κ1) is 9.97. The maximum absolute atomic E-state index is 2.27. The molecule has 0 spiro atoms.